The summed E-state index contributed by atoms with van der Waals surface area (Å²) in [5.41, 5.74) is 1.32. The van der Waals surface area contributed by atoms with E-state index in [0.717, 1.165) is 25.9 Å². The molecule has 1 aromatic rings. The summed E-state index contributed by atoms with van der Waals surface area (Å²) in [5.74, 6) is 0.151. The van der Waals surface area contributed by atoms with Gasteiger partial charge in [-0.05, 0) is 29.9 Å². The van der Waals surface area contributed by atoms with Crippen molar-refractivity contribution in [3.05, 3.63) is 21.9 Å². The van der Waals surface area contributed by atoms with Crippen molar-refractivity contribution in [1.82, 2.24) is 10.6 Å². The molecule has 1 aliphatic rings. The number of carbonyl (C=O) groups excluding carboxylic acids is 1. The van der Waals surface area contributed by atoms with Gasteiger partial charge in [-0.2, -0.15) is 0 Å². The van der Waals surface area contributed by atoms with Gasteiger partial charge in [0.1, 0.15) is 0 Å². The largest absolute Gasteiger partial charge is 0.356 e. The van der Waals surface area contributed by atoms with Crippen molar-refractivity contribution in [2.75, 3.05) is 13.1 Å². The standard InChI is InChI=1S/C12H18N2OS/c1-2-5-14-12(15)8-10-9-4-7-16-11(9)3-6-13-10/h4,7,10,13H,2-3,5-6,8H2,1H3,(H,14,15). The maximum Gasteiger partial charge on any atom is 0.221 e. The summed E-state index contributed by atoms with van der Waals surface area (Å²) in [6, 6.07) is 2.36. The molecule has 2 heterocycles. The van der Waals surface area contributed by atoms with Crippen LogP contribution in [0, 0.1) is 0 Å². The van der Waals surface area contributed by atoms with Gasteiger partial charge in [0.2, 0.25) is 5.91 Å². The average molecular weight is 238 g/mol. The summed E-state index contributed by atoms with van der Waals surface area (Å²) in [7, 11) is 0. The Morgan fingerprint density at radius 2 is 2.56 bits per heavy atom. The van der Waals surface area contributed by atoms with Crippen LogP contribution in [-0.4, -0.2) is 19.0 Å². The molecule has 3 nitrogen and oxygen atoms in total. The van der Waals surface area contributed by atoms with Crippen molar-refractivity contribution in [3.8, 4) is 0 Å². The smallest absolute Gasteiger partial charge is 0.221 e. The average Bonchev–Trinajstić information content (AvgIpc) is 2.75. The zero-order valence-electron chi connectivity index (χ0n) is 9.58. The van der Waals surface area contributed by atoms with Gasteiger partial charge in [-0.1, -0.05) is 6.92 Å². The number of hydrogen-bond acceptors (Lipinski definition) is 3. The van der Waals surface area contributed by atoms with Gasteiger partial charge in [-0.3, -0.25) is 4.79 Å². The lowest BCUT2D eigenvalue weighted by molar-refractivity contribution is -0.121. The molecule has 1 aliphatic heterocycles. The third-order valence-corrected chi connectivity index (χ3v) is 3.86. The molecule has 0 radical (unpaired) electrons. The molecule has 0 bridgehead atoms. The van der Waals surface area contributed by atoms with Gasteiger partial charge >= 0.3 is 0 Å². The minimum Gasteiger partial charge on any atom is -0.356 e. The molecule has 4 heteroatoms. The molecule has 0 spiro atoms. The van der Waals surface area contributed by atoms with E-state index in [4.69, 9.17) is 0 Å². The van der Waals surface area contributed by atoms with Crippen LogP contribution in [0.2, 0.25) is 0 Å². The van der Waals surface area contributed by atoms with Crippen molar-refractivity contribution >= 4 is 17.2 Å². The van der Waals surface area contributed by atoms with Crippen molar-refractivity contribution in [2.24, 2.45) is 0 Å². The second-order valence-corrected chi connectivity index (χ2v) is 5.11. The van der Waals surface area contributed by atoms with Gasteiger partial charge in [-0.15, -0.1) is 11.3 Å². The highest BCUT2D eigenvalue weighted by molar-refractivity contribution is 7.10. The minimum absolute atomic E-state index is 0.151. The molecule has 2 N–H and O–H groups in total. The zero-order chi connectivity index (χ0) is 11.4. The molecule has 0 fully saturated rings. The molecule has 1 aromatic heterocycles. The normalized spacial score (nSPS) is 19.2. The lowest BCUT2D eigenvalue weighted by atomic mass is 9.99. The fraction of sp³-hybridized carbons (Fsp3) is 0.583. The quantitative estimate of drug-likeness (QED) is 0.840. The summed E-state index contributed by atoms with van der Waals surface area (Å²) in [4.78, 5) is 13.1. The molecule has 2 rings (SSSR count). The van der Waals surface area contributed by atoms with Crippen LogP contribution in [-0.2, 0) is 11.2 Å². The lowest BCUT2D eigenvalue weighted by Gasteiger charge is -2.23. The summed E-state index contributed by atoms with van der Waals surface area (Å²) < 4.78 is 0. The SMILES string of the molecule is CCCNC(=O)CC1NCCc2sccc21. The van der Waals surface area contributed by atoms with Crippen LogP contribution in [0.1, 0.15) is 36.2 Å². The summed E-state index contributed by atoms with van der Waals surface area (Å²) >= 11 is 1.80. The molecule has 1 unspecified atom stereocenters. The second-order valence-electron chi connectivity index (χ2n) is 4.11. The first-order valence-electron chi connectivity index (χ1n) is 5.87. The zero-order valence-corrected chi connectivity index (χ0v) is 10.4. The van der Waals surface area contributed by atoms with Gasteiger partial charge in [0.25, 0.3) is 0 Å². The molecular weight excluding hydrogens is 220 g/mol. The van der Waals surface area contributed by atoms with Crippen LogP contribution in [0.25, 0.3) is 0 Å². The molecule has 0 aromatic carbocycles. The Balaban J connectivity index is 1.94. The van der Waals surface area contributed by atoms with Crippen molar-refractivity contribution in [1.29, 1.82) is 0 Å². The van der Waals surface area contributed by atoms with Gasteiger partial charge in [0, 0.05) is 30.4 Å². The molecule has 16 heavy (non-hydrogen) atoms. The Hall–Kier alpha value is -0.870. The van der Waals surface area contributed by atoms with E-state index < -0.39 is 0 Å². The highest BCUT2D eigenvalue weighted by atomic mass is 32.1. The van der Waals surface area contributed by atoms with Crippen LogP contribution >= 0.6 is 11.3 Å². The van der Waals surface area contributed by atoms with E-state index in [9.17, 15) is 4.79 Å². The number of carbonyl (C=O) groups is 1. The van der Waals surface area contributed by atoms with Gasteiger partial charge in [0.15, 0.2) is 0 Å². The number of hydrogen-bond donors (Lipinski definition) is 2. The summed E-state index contributed by atoms with van der Waals surface area (Å²) in [5, 5.41) is 8.46. The highest BCUT2D eigenvalue weighted by Crippen LogP contribution is 2.29. The van der Waals surface area contributed by atoms with Crippen LogP contribution in [0.4, 0.5) is 0 Å². The van der Waals surface area contributed by atoms with E-state index in [1.54, 1.807) is 11.3 Å². The first-order chi connectivity index (χ1) is 7.81. The van der Waals surface area contributed by atoms with E-state index in [2.05, 4.69) is 29.0 Å². The maximum atomic E-state index is 11.7. The number of fused-ring (bicyclic) bond motifs is 1. The van der Waals surface area contributed by atoms with Crippen LogP contribution in [0.3, 0.4) is 0 Å². The van der Waals surface area contributed by atoms with E-state index in [-0.39, 0.29) is 11.9 Å². The van der Waals surface area contributed by atoms with E-state index >= 15 is 0 Å². The maximum absolute atomic E-state index is 11.7. The Kier molecular flexibility index (Phi) is 3.96. The molecule has 1 amide bonds. The molecule has 1 atom stereocenters. The summed E-state index contributed by atoms with van der Waals surface area (Å²) in [6.07, 6.45) is 2.65. The molecule has 88 valence electrons. The number of nitrogens with one attached hydrogen (secondary N) is 2. The predicted molar refractivity (Wildman–Crippen MR) is 66.7 cm³/mol. The van der Waals surface area contributed by atoms with Crippen LogP contribution < -0.4 is 10.6 Å². The summed E-state index contributed by atoms with van der Waals surface area (Å²) in [6.45, 7) is 3.83. The van der Waals surface area contributed by atoms with Gasteiger partial charge in [0.05, 0.1) is 0 Å². The minimum atomic E-state index is 0.151. The molecule has 0 aliphatic carbocycles. The van der Waals surface area contributed by atoms with Crippen molar-refractivity contribution < 1.29 is 4.79 Å². The van der Waals surface area contributed by atoms with Crippen LogP contribution in [0.15, 0.2) is 11.4 Å². The van der Waals surface area contributed by atoms with E-state index in [1.165, 1.54) is 10.4 Å². The van der Waals surface area contributed by atoms with Gasteiger partial charge in [-0.25, -0.2) is 0 Å². The first-order valence-corrected chi connectivity index (χ1v) is 6.75. The number of rotatable bonds is 4. The first kappa shape index (κ1) is 11.6. The Bertz CT molecular complexity index is 362. The molecule has 0 saturated heterocycles. The van der Waals surface area contributed by atoms with E-state index in [0.29, 0.717) is 6.42 Å². The number of amides is 1. The van der Waals surface area contributed by atoms with Crippen molar-refractivity contribution in [2.45, 2.75) is 32.2 Å². The lowest BCUT2D eigenvalue weighted by Crippen LogP contribution is -2.34. The number of thiophene rings is 1. The Morgan fingerprint density at radius 3 is 3.38 bits per heavy atom. The third-order valence-electron chi connectivity index (χ3n) is 2.86. The molecule has 0 saturated carbocycles. The van der Waals surface area contributed by atoms with E-state index in [1.807, 2.05) is 0 Å². The van der Waals surface area contributed by atoms with Crippen molar-refractivity contribution in [3.63, 3.8) is 0 Å². The third kappa shape index (κ3) is 2.62. The Morgan fingerprint density at radius 1 is 1.69 bits per heavy atom. The monoisotopic (exact) mass is 238 g/mol. The van der Waals surface area contributed by atoms with Gasteiger partial charge < -0.3 is 10.6 Å². The highest BCUT2D eigenvalue weighted by Gasteiger charge is 2.22. The predicted octanol–water partition coefficient (Wildman–Crippen LogP) is 1.85. The second kappa shape index (κ2) is 5.46. The fourth-order valence-corrected chi connectivity index (χ4v) is 2.98. The Labute approximate surface area is 100 Å². The fourth-order valence-electron chi connectivity index (χ4n) is 2.04. The van der Waals surface area contributed by atoms with Crippen LogP contribution in [0.5, 0.6) is 0 Å². The topological polar surface area (TPSA) is 41.1 Å². The molecular formula is C12H18N2OS.